The topological polar surface area (TPSA) is 102 Å². The Balaban J connectivity index is 2.58. The number of hydrogen-bond acceptors (Lipinski definition) is 5. The van der Waals surface area contributed by atoms with Crippen LogP contribution in [0, 0.1) is 0 Å². The van der Waals surface area contributed by atoms with Gasteiger partial charge in [-0.1, -0.05) is 6.07 Å². The van der Waals surface area contributed by atoms with E-state index in [9.17, 15) is 9.59 Å². The van der Waals surface area contributed by atoms with E-state index in [2.05, 4.69) is 5.32 Å². The predicted molar refractivity (Wildman–Crippen MR) is 67.3 cm³/mol. The molecule has 0 bridgehead atoms. The van der Waals surface area contributed by atoms with E-state index in [1.807, 2.05) is 5.38 Å². The SMILES string of the molecule is COCCC(NC(=O)C(N)c1cccs1)C(=O)O. The van der Waals surface area contributed by atoms with Crippen LogP contribution in [-0.2, 0) is 14.3 Å². The van der Waals surface area contributed by atoms with Crippen molar-refractivity contribution < 1.29 is 19.4 Å². The van der Waals surface area contributed by atoms with E-state index >= 15 is 0 Å². The highest BCUT2D eigenvalue weighted by atomic mass is 32.1. The molecule has 1 amide bonds. The van der Waals surface area contributed by atoms with Gasteiger partial charge in [0.05, 0.1) is 0 Å². The number of methoxy groups -OCH3 is 1. The summed E-state index contributed by atoms with van der Waals surface area (Å²) in [5.41, 5.74) is 5.73. The largest absolute Gasteiger partial charge is 0.480 e. The van der Waals surface area contributed by atoms with Crippen LogP contribution in [0.5, 0.6) is 0 Å². The van der Waals surface area contributed by atoms with Crippen molar-refractivity contribution in [1.82, 2.24) is 5.32 Å². The zero-order valence-corrected chi connectivity index (χ0v) is 10.8. The van der Waals surface area contributed by atoms with Gasteiger partial charge in [0.2, 0.25) is 5.91 Å². The van der Waals surface area contributed by atoms with Crippen LogP contribution in [0.3, 0.4) is 0 Å². The Kier molecular flexibility index (Phi) is 5.76. The van der Waals surface area contributed by atoms with Crippen LogP contribution in [0.25, 0.3) is 0 Å². The molecule has 0 aliphatic rings. The zero-order valence-electron chi connectivity index (χ0n) is 9.96. The fourth-order valence-corrected chi connectivity index (χ4v) is 2.08. The monoisotopic (exact) mass is 272 g/mol. The van der Waals surface area contributed by atoms with Crippen molar-refractivity contribution >= 4 is 23.2 Å². The lowest BCUT2D eigenvalue weighted by Crippen LogP contribution is -2.45. The van der Waals surface area contributed by atoms with Gasteiger partial charge in [-0.15, -0.1) is 11.3 Å². The van der Waals surface area contributed by atoms with E-state index in [1.165, 1.54) is 18.4 Å². The first-order valence-electron chi connectivity index (χ1n) is 5.37. The van der Waals surface area contributed by atoms with Gasteiger partial charge in [0.25, 0.3) is 0 Å². The molecule has 0 aliphatic heterocycles. The van der Waals surface area contributed by atoms with Crippen molar-refractivity contribution in [3.8, 4) is 0 Å². The Morgan fingerprint density at radius 2 is 2.33 bits per heavy atom. The molecule has 0 saturated carbocycles. The molecule has 0 fully saturated rings. The van der Waals surface area contributed by atoms with Crippen LogP contribution >= 0.6 is 11.3 Å². The van der Waals surface area contributed by atoms with Gasteiger partial charge >= 0.3 is 5.97 Å². The van der Waals surface area contributed by atoms with E-state index in [4.69, 9.17) is 15.6 Å². The average molecular weight is 272 g/mol. The molecule has 18 heavy (non-hydrogen) atoms. The number of carboxylic acid groups (broad SMARTS) is 1. The Labute approximate surface area is 109 Å². The van der Waals surface area contributed by atoms with Crippen molar-refractivity contribution in [2.45, 2.75) is 18.5 Å². The van der Waals surface area contributed by atoms with Crippen molar-refractivity contribution in [3.05, 3.63) is 22.4 Å². The Hall–Kier alpha value is -1.44. The first-order chi connectivity index (χ1) is 8.56. The molecule has 1 aromatic rings. The molecule has 1 aromatic heterocycles. The van der Waals surface area contributed by atoms with Crippen molar-refractivity contribution in [3.63, 3.8) is 0 Å². The minimum absolute atomic E-state index is 0.203. The van der Waals surface area contributed by atoms with E-state index in [1.54, 1.807) is 12.1 Å². The van der Waals surface area contributed by atoms with Gasteiger partial charge in [-0.05, 0) is 11.4 Å². The number of nitrogens with two attached hydrogens (primary N) is 1. The molecule has 7 heteroatoms. The molecule has 2 atom stereocenters. The van der Waals surface area contributed by atoms with Crippen LogP contribution in [0.1, 0.15) is 17.3 Å². The lowest BCUT2D eigenvalue weighted by molar-refractivity contribution is -0.142. The molecule has 0 radical (unpaired) electrons. The lowest BCUT2D eigenvalue weighted by atomic mass is 10.2. The standard InChI is InChI=1S/C11H16N2O4S/c1-17-5-4-7(11(15)16)13-10(14)9(12)8-3-2-6-18-8/h2-3,6-7,9H,4-5,12H2,1H3,(H,13,14)(H,15,16). The highest BCUT2D eigenvalue weighted by Gasteiger charge is 2.24. The smallest absolute Gasteiger partial charge is 0.326 e. The summed E-state index contributed by atoms with van der Waals surface area (Å²) in [6.45, 7) is 0.255. The van der Waals surface area contributed by atoms with Crippen LogP contribution < -0.4 is 11.1 Å². The summed E-state index contributed by atoms with van der Waals surface area (Å²) in [4.78, 5) is 23.4. The summed E-state index contributed by atoms with van der Waals surface area (Å²) in [6.07, 6.45) is 0.203. The molecule has 0 spiro atoms. The first-order valence-corrected chi connectivity index (χ1v) is 6.25. The molecule has 100 valence electrons. The Morgan fingerprint density at radius 3 is 2.83 bits per heavy atom. The van der Waals surface area contributed by atoms with E-state index in [-0.39, 0.29) is 13.0 Å². The van der Waals surface area contributed by atoms with Gasteiger partial charge in [-0.3, -0.25) is 4.79 Å². The first kappa shape index (κ1) is 14.6. The van der Waals surface area contributed by atoms with Gasteiger partial charge < -0.3 is 20.9 Å². The normalized spacial score (nSPS) is 13.9. The molecule has 0 saturated heterocycles. The van der Waals surface area contributed by atoms with Crippen LogP contribution in [0.4, 0.5) is 0 Å². The number of nitrogens with one attached hydrogen (secondary N) is 1. The summed E-state index contributed by atoms with van der Waals surface area (Å²) in [7, 11) is 1.47. The summed E-state index contributed by atoms with van der Waals surface area (Å²) in [5, 5.41) is 13.2. The summed E-state index contributed by atoms with van der Waals surface area (Å²) in [6, 6.07) is 1.70. The van der Waals surface area contributed by atoms with Gasteiger partial charge in [0.15, 0.2) is 0 Å². The predicted octanol–water partition coefficient (Wildman–Crippen LogP) is 0.354. The minimum atomic E-state index is -1.10. The number of carbonyl (C=O) groups excluding carboxylic acids is 1. The maximum Gasteiger partial charge on any atom is 0.326 e. The molecular weight excluding hydrogens is 256 g/mol. The molecule has 2 unspecified atom stereocenters. The Bertz CT molecular complexity index is 394. The molecule has 6 nitrogen and oxygen atoms in total. The Morgan fingerprint density at radius 1 is 1.61 bits per heavy atom. The van der Waals surface area contributed by atoms with Crippen LogP contribution in [0.15, 0.2) is 17.5 Å². The third kappa shape index (κ3) is 4.10. The van der Waals surface area contributed by atoms with Gasteiger partial charge in [0, 0.05) is 25.0 Å². The summed E-state index contributed by atoms with van der Waals surface area (Å²) < 4.78 is 4.79. The molecular formula is C11H16N2O4S. The number of aliphatic carboxylic acids is 1. The molecule has 1 heterocycles. The third-order valence-corrected chi connectivity index (χ3v) is 3.31. The number of thiophene rings is 1. The van der Waals surface area contributed by atoms with Gasteiger partial charge in [-0.2, -0.15) is 0 Å². The number of ether oxygens (including phenoxy) is 1. The second-order valence-electron chi connectivity index (χ2n) is 3.67. The lowest BCUT2D eigenvalue weighted by Gasteiger charge is -2.16. The number of carbonyl (C=O) groups is 2. The highest BCUT2D eigenvalue weighted by Crippen LogP contribution is 2.16. The fraction of sp³-hybridized carbons (Fsp3) is 0.455. The van der Waals surface area contributed by atoms with Crippen molar-refractivity contribution in [2.24, 2.45) is 5.73 Å². The zero-order chi connectivity index (χ0) is 13.5. The fourth-order valence-electron chi connectivity index (χ4n) is 1.35. The van der Waals surface area contributed by atoms with Gasteiger partial charge in [0.1, 0.15) is 12.1 Å². The second kappa shape index (κ2) is 7.10. The second-order valence-corrected chi connectivity index (χ2v) is 4.65. The highest BCUT2D eigenvalue weighted by molar-refractivity contribution is 7.10. The number of rotatable bonds is 7. The maximum absolute atomic E-state index is 11.8. The number of hydrogen-bond donors (Lipinski definition) is 3. The minimum Gasteiger partial charge on any atom is -0.480 e. The number of amides is 1. The molecule has 1 rings (SSSR count). The van der Waals surface area contributed by atoms with E-state index in [0.29, 0.717) is 4.88 Å². The summed E-state index contributed by atoms with van der Waals surface area (Å²) >= 11 is 1.35. The maximum atomic E-state index is 11.8. The quantitative estimate of drug-likeness (QED) is 0.665. The molecule has 4 N–H and O–H groups in total. The number of carboxylic acids is 1. The van der Waals surface area contributed by atoms with Crippen LogP contribution in [0.2, 0.25) is 0 Å². The van der Waals surface area contributed by atoms with Crippen molar-refractivity contribution in [1.29, 1.82) is 0 Å². The molecule has 0 aliphatic carbocycles. The van der Waals surface area contributed by atoms with E-state index < -0.39 is 24.0 Å². The van der Waals surface area contributed by atoms with Crippen molar-refractivity contribution in [2.75, 3.05) is 13.7 Å². The third-order valence-electron chi connectivity index (χ3n) is 2.36. The van der Waals surface area contributed by atoms with E-state index in [0.717, 1.165) is 0 Å². The molecule has 0 aromatic carbocycles. The summed E-state index contributed by atoms with van der Waals surface area (Å²) in [5.74, 6) is -1.60. The van der Waals surface area contributed by atoms with Gasteiger partial charge in [-0.25, -0.2) is 4.79 Å². The average Bonchev–Trinajstić information content (AvgIpc) is 2.86. The van der Waals surface area contributed by atoms with Crippen LogP contribution in [-0.4, -0.2) is 36.7 Å².